The standard InChI is InChI=1S/C28H32O7Si/c1-15-6-4-5-7-18(15)24-19-10-8-16(30)12-22(19)36(2,3)23-13-17(9-11-20(23)24)34-28-27(33)26(32)25(31)21(14-29)35-28/h4-13,19,21,24-29,31-33H,14H2,1-3H3/t19?,21-,24?,25+,26+,27-,28-/m1/s1. The van der Waals surface area contributed by atoms with E-state index >= 15 is 0 Å². The van der Waals surface area contributed by atoms with E-state index in [9.17, 15) is 25.2 Å². The van der Waals surface area contributed by atoms with E-state index in [1.807, 2.05) is 36.4 Å². The Labute approximate surface area is 211 Å². The Bertz CT molecular complexity index is 1230. The Morgan fingerprint density at radius 2 is 1.75 bits per heavy atom. The van der Waals surface area contributed by atoms with Gasteiger partial charge in [-0.25, -0.2) is 0 Å². The molecule has 7 atom stereocenters. The molecule has 2 heterocycles. The molecule has 2 aliphatic heterocycles. The molecule has 1 saturated heterocycles. The fourth-order valence-corrected chi connectivity index (χ4v) is 9.23. The van der Waals surface area contributed by atoms with Crippen molar-refractivity contribution in [2.45, 2.75) is 56.6 Å². The largest absolute Gasteiger partial charge is 0.462 e. The van der Waals surface area contributed by atoms with Gasteiger partial charge in [-0.3, -0.25) is 4.79 Å². The fraction of sp³-hybridized carbons (Fsp3) is 0.393. The van der Waals surface area contributed by atoms with E-state index in [2.05, 4.69) is 32.2 Å². The van der Waals surface area contributed by atoms with Gasteiger partial charge in [-0.15, -0.1) is 0 Å². The van der Waals surface area contributed by atoms with E-state index in [1.165, 1.54) is 21.9 Å². The summed E-state index contributed by atoms with van der Waals surface area (Å²) in [5.74, 6) is 0.579. The van der Waals surface area contributed by atoms with Gasteiger partial charge in [-0.2, -0.15) is 0 Å². The third-order valence-corrected chi connectivity index (χ3v) is 11.6. The molecule has 5 rings (SSSR count). The number of carbonyl (C=O) groups is 1. The van der Waals surface area contributed by atoms with E-state index in [-0.39, 0.29) is 17.6 Å². The van der Waals surface area contributed by atoms with Crippen LogP contribution in [0.2, 0.25) is 13.1 Å². The van der Waals surface area contributed by atoms with Crippen molar-refractivity contribution in [2.24, 2.45) is 5.92 Å². The molecule has 2 aromatic rings. The van der Waals surface area contributed by atoms with Crippen LogP contribution in [0.15, 0.2) is 65.9 Å². The maximum Gasteiger partial charge on any atom is 0.229 e. The zero-order valence-electron chi connectivity index (χ0n) is 20.5. The van der Waals surface area contributed by atoms with Crippen molar-refractivity contribution in [3.8, 4) is 5.75 Å². The van der Waals surface area contributed by atoms with Crippen LogP contribution in [0.5, 0.6) is 5.75 Å². The van der Waals surface area contributed by atoms with Crippen LogP contribution in [0.3, 0.4) is 0 Å². The fourth-order valence-electron chi connectivity index (χ4n) is 5.85. The first-order chi connectivity index (χ1) is 17.1. The molecule has 0 bridgehead atoms. The number of ether oxygens (including phenoxy) is 2. The Balaban J connectivity index is 1.58. The van der Waals surface area contributed by atoms with Gasteiger partial charge in [0, 0.05) is 11.8 Å². The predicted octanol–water partition coefficient (Wildman–Crippen LogP) is 1.46. The van der Waals surface area contributed by atoms with Crippen LogP contribution >= 0.6 is 0 Å². The molecule has 2 unspecified atom stereocenters. The molecule has 8 heteroatoms. The molecule has 0 aromatic heterocycles. The number of carbonyl (C=O) groups excluding carboxylic acids is 1. The van der Waals surface area contributed by atoms with Crippen molar-refractivity contribution >= 4 is 19.0 Å². The molecule has 0 radical (unpaired) electrons. The Hall–Kier alpha value is -2.59. The minimum atomic E-state index is -2.29. The lowest BCUT2D eigenvalue weighted by atomic mass is 9.76. The highest BCUT2D eigenvalue weighted by Gasteiger charge is 2.47. The number of allylic oxidation sites excluding steroid dienone is 4. The summed E-state index contributed by atoms with van der Waals surface area (Å²) in [5, 5.41) is 42.5. The molecule has 2 aromatic carbocycles. The van der Waals surface area contributed by atoms with Gasteiger partial charge in [0.15, 0.2) is 5.78 Å². The smallest absolute Gasteiger partial charge is 0.229 e. The second-order valence-electron chi connectivity index (χ2n) is 10.4. The van der Waals surface area contributed by atoms with Crippen LogP contribution in [-0.2, 0) is 9.53 Å². The van der Waals surface area contributed by atoms with Crippen LogP contribution in [0, 0.1) is 12.8 Å². The highest BCUT2D eigenvalue weighted by molar-refractivity contribution is 6.96. The van der Waals surface area contributed by atoms with Crippen molar-refractivity contribution in [2.75, 3.05) is 6.61 Å². The minimum absolute atomic E-state index is 0.00234. The zero-order valence-corrected chi connectivity index (χ0v) is 21.5. The van der Waals surface area contributed by atoms with Crippen molar-refractivity contribution in [1.82, 2.24) is 0 Å². The molecule has 0 spiro atoms. The molecule has 3 aliphatic rings. The lowest BCUT2D eigenvalue weighted by molar-refractivity contribution is -0.277. The molecule has 7 nitrogen and oxygen atoms in total. The van der Waals surface area contributed by atoms with Crippen molar-refractivity contribution in [3.63, 3.8) is 0 Å². The first-order valence-corrected chi connectivity index (χ1v) is 15.2. The SMILES string of the molecule is Cc1ccccc1C1c2ccc(O[C@@H]3O[C@H](CO)[C@H](O)[C@H](O)[C@H]3O)cc2[Si](C)(C)C2=CC(=O)C=CC21. The van der Waals surface area contributed by atoms with Gasteiger partial charge < -0.3 is 29.9 Å². The van der Waals surface area contributed by atoms with Crippen LogP contribution in [0.25, 0.3) is 0 Å². The summed E-state index contributed by atoms with van der Waals surface area (Å²) in [6.45, 7) is 6.03. The van der Waals surface area contributed by atoms with Crippen LogP contribution < -0.4 is 9.92 Å². The highest BCUT2D eigenvalue weighted by atomic mass is 28.3. The number of rotatable bonds is 4. The van der Waals surface area contributed by atoms with Crippen molar-refractivity contribution in [3.05, 3.63) is 82.6 Å². The average molecular weight is 509 g/mol. The summed E-state index contributed by atoms with van der Waals surface area (Å²) < 4.78 is 11.5. The number of aryl methyl sites for hydroxylation is 1. The molecule has 0 amide bonds. The number of hydrogen-bond donors (Lipinski definition) is 4. The van der Waals surface area contributed by atoms with E-state index in [0.29, 0.717) is 5.75 Å². The lowest BCUT2D eigenvalue weighted by Gasteiger charge is -2.45. The number of benzene rings is 2. The summed E-state index contributed by atoms with van der Waals surface area (Å²) in [4.78, 5) is 12.4. The van der Waals surface area contributed by atoms with Gasteiger partial charge in [0.2, 0.25) is 6.29 Å². The Kier molecular flexibility index (Phi) is 6.53. The summed E-state index contributed by atoms with van der Waals surface area (Å²) in [7, 11) is -2.29. The summed E-state index contributed by atoms with van der Waals surface area (Å²) >= 11 is 0. The number of ketones is 1. The van der Waals surface area contributed by atoms with Gasteiger partial charge in [-0.1, -0.05) is 54.7 Å². The average Bonchev–Trinajstić information content (AvgIpc) is 2.86. The van der Waals surface area contributed by atoms with Gasteiger partial charge in [0.1, 0.15) is 38.2 Å². The normalized spacial score (nSPS) is 32.9. The van der Waals surface area contributed by atoms with E-state index in [0.717, 1.165) is 5.19 Å². The molecular weight excluding hydrogens is 476 g/mol. The van der Waals surface area contributed by atoms with Crippen LogP contribution in [0.1, 0.15) is 22.6 Å². The third-order valence-electron chi connectivity index (χ3n) is 7.86. The molecule has 4 N–H and O–H groups in total. The molecule has 190 valence electrons. The van der Waals surface area contributed by atoms with Crippen LogP contribution in [-0.4, -0.2) is 71.6 Å². The molecule has 36 heavy (non-hydrogen) atoms. The Morgan fingerprint density at radius 3 is 2.47 bits per heavy atom. The quantitative estimate of drug-likeness (QED) is 0.462. The molecular formula is C28H32O7Si. The number of aliphatic hydroxyl groups excluding tert-OH is 4. The minimum Gasteiger partial charge on any atom is -0.462 e. The van der Waals surface area contributed by atoms with Crippen molar-refractivity contribution in [1.29, 1.82) is 0 Å². The zero-order chi connectivity index (χ0) is 25.8. The Morgan fingerprint density at radius 1 is 1.00 bits per heavy atom. The summed E-state index contributed by atoms with van der Waals surface area (Å²) in [6.07, 6.45) is -1.24. The van der Waals surface area contributed by atoms with Crippen LogP contribution in [0.4, 0.5) is 0 Å². The first kappa shape index (κ1) is 25.1. The third kappa shape index (κ3) is 4.08. The second kappa shape index (κ2) is 9.37. The summed E-state index contributed by atoms with van der Waals surface area (Å²) in [5.41, 5.74) is 3.57. The van der Waals surface area contributed by atoms with E-state index in [1.54, 1.807) is 12.2 Å². The van der Waals surface area contributed by atoms with Gasteiger partial charge in [0.25, 0.3) is 0 Å². The number of aliphatic hydroxyl groups is 4. The topological polar surface area (TPSA) is 116 Å². The lowest BCUT2D eigenvalue weighted by Crippen LogP contribution is -2.60. The van der Waals surface area contributed by atoms with Gasteiger partial charge in [-0.05, 0) is 53.1 Å². The highest BCUT2D eigenvalue weighted by Crippen LogP contribution is 2.47. The van der Waals surface area contributed by atoms with E-state index in [4.69, 9.17) is 9.47 Å². The second-order valence-corrected chi connectivity index (χ2v) is 14.8. The predicted molar refractivity (Wildman–Crippen MR) is 137 cm³/mol. The monoisotopic (exact) mass is 508 g/mol. The van der Waals surface area contributed by atoms with Crippen molar-refractivity contribution < 1.29 is 34.7 Å². The molecule has 0 saturated carbocycles. The number of hydrogen-bond acceptors (Lipinski definition) is 7. The molecule has 1 aliphatic carbocycles. The van der Waals surface area contributed by atoms with Gasteiger partial charge >= 0.3 is 0 Å². The maximum absolute atomic E-state index is 12.4. The van der Waals surface area contributed by atoms with E-state index < -0.39 is 45.4 Å². The molecule has 1 fully saturated rings. The summed E-state index contributed by atoms with van der Waals surface area (Å²) in [6, 6.07) is 14.1. The van der Waals surface area contributed by atoms with Gasteiger partial charge in [0.05, 0.1) is 6.61 Å². The maximum atomic E-state index is 12.4. The number of fused-ring (bicyclic) bond motifs is 2. The first-order valence-electron chi connectivity index (χ1n) is 12.2.